The molecule has 0 aromatic carbocycles. The molecule has 2 fully saturated rings. The summed E-state index contributed by atoms with van der Waals surface area (Å²) in [5, 5.41) is 0. The molecule has 2 aliphatic heterocycles. The second-order valence-corrected chi connectivity index (χ2v) is 7.73. The van der Waals surface area contributed by atoms with Crippen LogP contribution in [0.1, 0.15) is 60.3 Å². The van der Waals surface area contributed by atoms with Crippen molar-refractivity contribution < 1.29 is 4.48 Å². The lowest BCUT2D eigenvalue weighted by Crippen LogP contribution is -2.62. The van der Waals surface area contributed by atoms with E-state index in [0.29, 0.717) is 5.41 Å². The van der Waals surface area contributed by atoms with E-state index in [4.69, 9.17) is 0 Å². The van der Waals surface area contributed by atoms with Crippen molar-refractivity contribution in [1.82, 2.24) is 0 Å². The fraction of sp³-hybridized carbons (Fsp3) is 1.00. The summed E-state index contributed by atoms with van der Waals surface area (Å²) in [6.45, 7) is 12.1. The number of hydrogen-bond acceptors (Lipinski definition) is 0. The average Bonchev–Trinajstić information content (AvgIpc) is 2.37. The first kappa shape index (κ1) is 12.4. The summed E-state index contributed by atoms with van der Waals surface area (Å²) in [7, 11) is 2.52. The largest absolute Gasteiger partial charge is 0.319 e. The second-order valence-electron chi connectivity index (χ2n) is 7.73. The van der Waals surface area contributed by atoms with Crippen molar-refractivity contribution in [3.8, 4) is 0 Å². The summed E-state index contributed by atoms with van der Waals surface area (Å²) in [6.07, 6.45) is 5.89. The van der Waals surface area contributed by atoms with Gasteiger partial charge in [0.2, 0.25) is 0 Å². The van der Waals surface area contributed by atoms with Crippen molar-refractivity contribution in [2.45, 2.75) is 78.4 Å². The highest BCUT2D eigenvalue weighted by atomic mass is 15.4. The third-order valence-corrected chi connectivity index (χ3v) is 5.86. The molecule has 0 aliphatic carbocycles. The molecule has 0 radical (unpaired) electrons. The Morgan fingerprint density at radius 2 is 1.44 bits per heavy atom. The molecule has 16 heavy (non-hydrogen) atoms. The molecular weight excluding hydrogens is 194 g/mol. The number of fused-ring (bicyclic) bond motifs is 2. The smallest absolute Gasteiger partial charge is 0.0897 e. The van der Waals surface area contributed by atoms with Crippen molar-refractivity contribution in [3.63, 3.8) is 0 Å². The van der Waals surface area contributed by atoms with Crippen LogP contribution in [0.5, 0.6) is 0 Å². The van der Waals surface area contributed by atoms with Gasteiger partial charge in [-0.15, -0.1) is 0 Å². The Kier molecular flexibility index (Phi) is 2.89. The topological polar surface area (TPSA) is 0 Å². The van der Waals surface area contributed by atoms with Gasteiger partial charge in [-0.1, -0.05) is 20.8 Å². The third-order valence-electron chi connectivity index (χ3n) is 5.86. The fourth-order valence-electron chi connectivity index (χ4n) is 4.23. The van der Waals surface area contributed by atoms with Gasteiger partial charge in [0.15, 0.2) is 0 Å². The van der Waals surface area contributed by atoms with E-state index < -0.39 is 0 Å². The van der Waals surface area contributed by atoms with Crippen LogP contribution in [0, 0.1) is 11.3 Å². The number of piperidine rings is 1. The number of nitrogens with zero attached hydrogens (tertiary/aromatic N) is 1. The maximum absolute atomic E-state index is 2.52. The van der Waals surface area contributed by atoms with Gasteiger partial charge in [0.05, 0.1) is 25.2 Å². The Morgan fingerprint density at radius 3 is 1.75 bits per heavy atom. The molecule has 0 aromatic rings. The van der Waals surface area contributed by atoms with Crippen LogP contribution in [0.2, 0.25) is 0 Å². The van der Waals surface area contributed by atoms with E-state index in [-0.39, 0.29) is 0 Å². The van der Waals surface area contributed by atoms with Gasteiger partial charge < -0.3 is 4.48 Å². The molecule has 0 amide bonds. The van der Waals surface area contributed by atoms with E-state index in [1.165, 1.54) is 30.2 Å². The van der Waals surface area contributed by atoms with E-state index in [0.717, 1.165) is 24.0 Å². The van der Waals surface area contributed by atoms with Gasteiger partial charge in [-0.25, -0.2) is 0 Å². The molecule has 0 saturated carbocycles. The molecule has 0 spiro atoms. The summed E-state index contributed by atoms with van der Waals surface area (Å²) in [6, 6.07) is 2.70. The Labute approximate surface area is 102 Å². The van der Waals surface area contributed by atoms with Gasteiger partial charge in [0.1, 0.15) is 0 Å². The van der Waals surface area contributed by atoms with Gasteiger partial charge in [0, 0.05) is 25.7 Å². The Balaban J connectivity index is 2.19. The molecule has 1 nitrogen and oxygen atoms in total. The minimum atomic E-state index is 0.517. The highest BCUT2D eigenvalue weighted by molar-refractivity contribution is 4.90. The second kappa shape index (κ2) is 3.73. The summed E-state index contributed by atoms with van der Waals surface area (Å²) in [4.78, 5) is 0. The molecule has 2 heterocycles. The molecule has 2 atom stereocenters. The molecule has 0 N–H and O–H groups in total. The normalized spacial score (nSPS) is 44.1. The zero-order valence-corrected chi connectivity index (χ0v) is 12.1. The molecule has 2 unspecified atom stereocenters. The van der Waals surface area contributed by atoms with E-state index in [9.17, 15) is 0 Å². The summed E-state index contributed by atoms with van der Waals surface area (Å²) in [5.74, 6) is 0.954. The van der Waals surface area contributed by atoms with Crippen LogP contribution in [-0.2, 0) is 0 Å². The number of hydrogen-bond donors (Lipinski definition) is 0. The van der Waals surface area contributed by atoms with Crippen LogP contribution < -0.4 is 0 Å². The summed E-state index contributed by atoms with van der Waals surface area (Å²) in [5.41, 5.74) is 0.517. The lowest BCUT2D eigenvalue weighted by molar-refractivity contribution is -0.968. The van der Waals surface area contributed by atoms with Gasteiger partial charge in [0.25, 0.3) is 0 Å². The van der Waals surface area contributed by atoms with Gasteiger partial charge in [-0.2, -0.15) is 0 Å². The van der Waals surface area contributed by atoms with Gasteiger partial charge in [-0.05, 0) is 25.2 Å². The highest BCUT2D eigenvalue weighted by Crippen LogP contribution is 2.49. The SMILES string of the molecule is CC(C)[N+]1(C)C2CCC1CC(C(C)(C)C)C2. The van der Waals surface area contributed by atoms with Crippen LogP contribution in [0.4, 0.5) is 0 Å². The average molecular weight is 224 g/mol. The Hall–Kier alpha value is -0.0400. The maximum Gasteiger partial charge on any atom is 0.0897 e. The van der Waals surface area contributed by atoms with E-state index in [2.05, 4.69) is 41.7 Å². The summed E-state index contributed by atoms with van der Waals surface area (Å²) < 4.78 is 1.37. The molecule has 2 saturated heterocycles. The lowest BCUT2D eigenvalue weighted by Gasteiger charge is -2.52. The molecule has 2 rings (SSSR count). The van der Waals surface area contributed by atoms with Crippen molar-refractivity contribution >= 4 is 0 Å². The van der Waals surface area contributed by atoms with E-state index in [1.807, 2.05) is 0 Å². The minimum absolute atomic E-state index is 0.517. The third kappa shape index (κ3) is 1.72. The quantitative estimate of drug-likeness (QED) is 0.594. The monoisotopic (exact) mass is 224 g/mol. The zero-order valence-electron chi connectivity index (χ0n) is 12.1. The summed E-state index contributed by atoms with van der Waals surface area (Å²) >= 11 is 0. The molecular formula is C15H30N+. The minimum Gasteiger partial charge on any atom is -0.319 e. The van der Waals surface area contributed by atoms with Crippen LogP contribution in [0.15, 0.2) is 0 Å². The molecule has 2 bridgehead atoms. The maximum atomic E-state index is 2.52. The van der Waals surface area contributed by atoms with Crippen molar-refractivity contribution in [1.29, 1.82) is 0 Å². The van der Waals surface area contributed by atoms with Crippen LogP contribution in [0.3, 0.4) is 0 Å². The van der Waals surface area contributed by atoms with Crippen LogP contribution >= 0.6 is 0 Å². The van der Waals surface area contributed by atoms with Gasteiger partial charge >= 0.3 is 0 Å². The Bertz CT molecular complexity index is 247. The lowest BCUT2D eigenvalue weighted by atomic mass is 9.72. The predicted molar refractivity (Wildman–Crippen MR) is 70.3 cm³/mol. The standard InChI is InChI=1S/C15H30N/c1-11(2)16(6)13-7-8-14(16)10-12(9-13)15(3,4)5/h11-14H,7-10H2,1-6H3/q+1. The number of rotatable bonds is 1. The van der Waals surface area contributed by atoms with E-state index >= 15 is 0 Å². The van der Waals surface area contributed by atoms with Crippen molar-refractivity contribution in [3.05, 3.63) is 0 Å². The van der Waals surface area contributed by atoms with Crippen molar-refractivity contribution in [2.75, 3.05) is 7.05 Å². The van der Waals surface area contributed by atoms with Gasteiger partial charge in [-0.3, -0.25) is 0 Å². The van der Waals surface area contributed by atoms with Crippen LogP contribution in [0.25, 0.3) is 0 Å². The van der Waals surface area contributed by atoms with Crippen LogP contribution in [-0.4, -0.2) is 29.7 Å². The first-order valence-corrected chi connectivity index (χ1v) is 7.11. The fourth-order valence-corrected chi connectivity index (χ4v) is 4.23. The first-order chi connectivity index (χ1) is 7.26. The Morgan fingerprint density at radius 1 is 1.00 bits per heavy atom. The highest BCUT2D eigenvalue weighted by Gasteiger charge is 2.54. The molecule has 2 aliphatic rings. The molecule has 1 heteroatoms. The molecule has 94 valence electrons. The number of quaternary nitrogens is 1. The first-order valence-electron chi connectivity index (χ1n) is 7.11. The zero-order chi connectivity index (χ0) is 12.1. The molecule has 0 aromatic heterocycles. The predicted octanol–water partition coefficient (Wildman–Crippen LogP) is 3.83. The van der Waals surface area contributed by atoms with Crippen molar-refractivity contribution in [2.24, 2.45) is 11.3 Å². The van der Waals surface area contributed by atoms with E-state index in [1.54, 1.807) is 0 Å².